The van der Waals surface area contributed by atoms with Gasteiger partial charge in [0.2, 0.25) is 0 Å². The molecule has 0 saturated carbocycles. The minimum absolute atomic E-state index is 0.141. The van der Waals surface area contributed by atoms with E-state index in [1.807, 2.05) is 24.3 Å². The SMILES string of the molecule is COC1(C)CCCN(c2nc3ccccc3nc2N)C1. The molecule has 0 bridgehead atoms. The van der Waals surface area contributed by atoms with Crippen LogP contribution in [0.3, 0.4) is 0 Å². The molecule has 1 unspecified atom stereocenters. The number of para-hydroxylation sites is 2. The minimum Gasteiger partial charge on any atom is -0.381 e. The van der Waals surface area contributed by atoms with Gasteiger partial charge in [0.05, 0.1) is 16.6 Å². The van der Waals surface area contributed by atoms with Gasteiger partial charge in [0, 0.05) is 20.2 Å². The van der Waals surface area contributed by atoms with Gasteiger partial charge in [0.15, 0.2) is 11.6 Å². The van der Waals surface area contributed by atoms with Gasteiger partial charge < -0.3 is 15.4 Å². The minimum atomic E-state index is -0.141. The number of rotatable bonds is 2. The Balaban J connectivity index is 1.99. The second kappa shape index (κ2) is 4.90. The second-order valence-corrected chi connectivity index (χ2v) is 5.60. The van der Waals surface area contributed by atoms with E-state index in [0.29, 0.717) is 5.82 Å². The van der Waals surface area contributed by atoms with Crippen LogP contribution in [-0.2, 0) is 4.74 Å². The summed E-state index contributed by atoms with van der Waals surface area (Å²) in [6.07, 6.45) is 2.12. The van der Waals surface area contributed by atoms with E-state index < -0.39 is 0 Å². The van der Waals surface area contributed by atoms with Crippen LogP contribution in [0.2, 0.25) is 0 Å². The number of hydrogen-bond acceptors (Lipinski definition) is 5. The van der Waals surface area contributed by atoms with Gasteiger partial charge in [0.25, 0.3) is 0 Å². The molecule has 1 aliphatic heterocycles. The van der Waals surface area contributed by atoms with E-state index in [1.54, 1.807) is 7.11 Å². The number of ether oxygens (including phenoxy) is 1. The van der Waals surface area contributed by atoms with Crippen LogP contribution in [0.15, 0.2) is 24.3 Å². The topological polar surface area (TPSA) is 64.3 Å². The summed E-state index contributed by atoms with van der Waals surface area (Å²) in [6.45, 7) is 3.86. The lowest BCUT2D eigenvalue weighted by atomic mass is 9.95. The fourth-order valence-corrected chi connectivity index (χ4v) is 2.79. The summed E-state index contributed by atoms with van der Waals surface area (Å²) in [6, 6.07) is 7.80. The second-order valence-electron chi connectivity index (χ2n) is 5.60. The number of methoxy groups -OCH3 is 1. The highest BCUT2D eigenvalue weighted by molar-refractivity contribution is 5.79. The van der Waals surface area contributed by atoms with Crippen LogP contribution in [0, 0.1) is 0 Å². The maximum atomic E-state index is 6.09. The molecule has 0 aliphatic carbocycles. The van der Waals surface area contributed by atoms with Crippen molar-refractivity contribution >= 4 is 22.7 Å². The summed E-state index contributed by atoms with van der Waals surface area (Å²) in [5.74, 6) is 1.26. The first kappa shape index (κ1) is 13.1. The highest BCUT2D eigenvalue weighted by atomic mass is 16.5. The van der Waals surface area contributed by atoms with Gasteiger partial charge in [-0.1, -0.05) is 12.1 Å². The summed E-state index contributed by atoms with van der Waals surface area (Å²) in [4.78, 5) is 11.3. The molecule has 5 nitrogen and oxygen atoms in total. The zero-order chi connectivity index (χ0) is 14.2. The van der Waals surface area contributed by atoms with E-state index in [9.17, 15) is 0 Å². The number of hydrogen-bond donors (Lipinski definition) is 1. The van der Waals surface area contributed by atoms with Gasteiger partial charge in [-0.15, -0.1) is 0 Å². The van der Waals surface area contributed by atoms with Crippen molar-refractivity contribution in [3.63, 3.8) is 0 Å². The first-order chi connectivity index (χ1) is 9.61. The maximum Gasteiger partial charge on any atom is 0.172 e. The van der Waals surface area contributed by atoms with E-state index in [-0.39, 0.29) is 5.60 Å². The molecular formula is C15H20N4O. The zero-order valence-corrected chi connectivity index (χ0v) is 12.0. The monoisotopic (exact) mass is 272 g/mol. The van der Waals surface area contributed by atoms with E-state index in [2.05, 4.69) is 21.8 Å². The average molecular weight is 272 g/mol. The number of piperidine rings is 1. The molecule has 1 aromatic carbocycles. The van der Waals surface area contributed by atoms with Crippen LogP contribution in [0.1, 0.15) is 19.8 Å². The Bertz CT molecular complexity index is 630. The van der Waals surface area contributed by atoms with Gasteiger partial charge in [-0.25, -0.2) is 9.97 Å². The predicted molar refractivity (Wildman–Crippen MR) is 80.8 cm³/mol. The third-order valence-electron chi connectivity index (χ3n) is 4.03. The molecule has 20 heavy (non-hydrogen) atoms. The van der Waals surface area contributed by atoms with Crippen molar-refractivity contribution in [1.82, 2.24) is 9.97 Å². The molecule has 1 saturated heterocycles. The third-order valence-corrected chi connectivity index (χ3v) is 4.03. The Hall–Kier alpha value is -1.88. The number of nitrogen functional groups attached to an aromatic ring is 1. The predicted octanol–water partition coefficient (Wildman–Crippen LogP) is 2.22. The first-order valence-electron chi connectivity index (χ1n) is 6.94. The van der Waals surface area contributed by atoms with E-state index in [1.165, 1.54) is 0 Å². The molecule has 0 spiro atoms. The van der Waals surface area contributed by atoms with Crippen molar-refractivity contribution in [2.45, 2.75) is 25.4 Å². The summed E-state index contributed by atoms with van der Waals surface area (Å²) in [5, 5.41) is 0. The fraction of sp³-hybridized carbons (Fsp3) is 0.467. The van der Waals surface area contributed by atoms with Crippen LogP contribution in [0.25, 0.3) is 11.0 Å². The highest BCUT2D eigenvalue weighted by Gasteiger charge is 2.32. The summed E-state index contributed by atoms with van der Waals surface area (Å²) in [5.41, 5.74) is 7.66. The zero-order valence-electron chi connectivity index (χ0n) is 12.0. The molecule has 1 aromatic heterocycles. The Morgan fingerprint density at radius 3 is 2.65 bits per heavy atom. The Morgan fingerprint density at radius 2 is 1.95 bits per heavy atom. The van der Waals surface area contributed by atoms with Gasteiger partial charge >= 0.3 is 0 Å². The molecule has 0 amide bonds. The molecule has 2 aromatic rings. The number of nitrogens with two attached hydrogens (primary N) is 1. The molecule has 1 atom stereocenters. The summed E-state index contributed by atoms with van der Waals surface area (Å²) < 4.78 is 5.63. The van der Waals surface area contributed by atoms with E-state index in [0.717, 1.165) is 42.8 Å². The van der Waals surface area contributed by atoms with Crippen LogP contribution in [-0.4, -0.2) is 35.8 Å². The van der Waals surface area contributed by atoms with Gasteiger partial charge in [-0.2, -0.15) is 0 Å². The smallest absolute Gasteiger partial charge is 0.172 e. The molecular weight excluding hydrogens is 252 g/mol. The third kappa shape index (κ3) is 2.29. The van der Waals surface area contributed by atoms with Crippen LogP contribution in [0.5, 0.6) is 0 Å². The van der Waals surface area contributed by atoms with Gasteiger partial charge in [-0.3, -0.25) is 0 Å². The van der Waals surface area contributed by atoms with Crippen molar-refractivity contribution in [3.8, 4) is 0 Å². The Morgan fingerprint density at radius 1 is 1.25 bits per heavy atom. The fourth-order valence-electron chi connectivity index (χ4n) is 2.79. The molecule has 1 aliphatic rings. The van der Waals surface area contributed by atoms with Crippen molar-refractivity contribution in [1.29, 1.82) is 0 Å². The summed E-state index contributed by atoms with van der Waals surface area (Å²) in [7, 11) is 1.76. The molecule has 0 radical (unpaired) electrons. The van der Waals surface area contributed by atoms with Crippen molar-refractivity contribution in [2.24, 2.45) is 0 Å². The van der Waals surface area contributed by atoms with Crippen molar-refractivity contribution in [3.05, 3.63) is 24.3 Å². The lowest BCUT2D eigenvalue weighted by molar-refractivity contribution is -0.00477. The van der Waals surface area contributed by atoms with Crippen LogP contribution in [0.4, 0.5) is 11.6 Å². The quantitative estimate of drug-likeness (QED) is 0.908. The van der Waals surface area contributed by atoms with Crippen LogP contribution < -0.4 is 10.6 Å². The van der Waals surface area contributed by atoms with Gasteiger partial charge in [0.1, 0.15) is 0 Å². The molecule has 1 fully saturated rings. The largest absolute Gasteiger partial charge is 0.381 e. The van der Waals surface area contributed by atoms with E-state index >= 15 is 0 Å². The van der Waals surface area contributed by atoms with E-state index in [4.69, 9.17) is 10.5 Å². The average Bonchev–Trinajstić information content (AvgIpc) is 2.46. The number of nitrogens with zero attached hydrogens (tertiary/aromatic N) is 3. The number of aromatic nitrogens is 2. The lowest BCUT2D eigenvalue weighted by Crippen LogP contribution is -2.48. The standard InChI is InChI=1S/C15H20N4O/c1-15(20-2)8-5-9-19(10-15)14-13(16)17-11-6-3-4-7-12(11)18-14/h3-4,6-7H,5,8-10H2,1-2H3,(H2,16,17). The number of anilines is 2. The number of fused-ring (bicyclic) bond motifs is 1. The van der Waals surface area contributed by atoms with Crippen molar-refractivity contribution in [2.75, 3.05) is 30.8 Å². The number of benzene rings is 1. The van der Waals surface area contributed by atoms with Crippen molar-refractivity contribution < 1.29 is 4.74 Å². The molecule has 2 N–H and O–H groups in total. The highest BCUT2D eigenvalue weighted by Crippen LogP contribution is 2.30. The normalized spacial score (nSPS) is 23.2. The molecule has 2 heterocycles. The molecule has 5 heteroatoms. The Kier molecular flexibility index (Phi) is 3.22. The lowest BCUT2D eigenvalue weighted by Gasteiger charge is -2.40. The summed E-state index contributed by atoms with van der Waals surface area (Å²) >= 11 is 0. The van der Waals surface area contributed by atoms with Gasteiger partial charge in [-0.05, 0) is 31.9 Å². The Labute approximate surface area is 118 Å². The molecule has 106 valence electrons. The first-order valence-corrected chi connectivity index (χ1v) is 6.94. The maximum absolute atomic E-state index is 6.09. The molecule has 3 rings (SSSR count). The van der Waals surface area contributed by atoms with Crippen LogP contribution >= 0.6 is 0 Å².